The molecule has 0 bridgehead atoms. The molecule has 20 heavy (non-hydrogen) atoms. The number of hydrogen-bond donors (Lipinski definition) is 2. The van der Waals surface area contributed by atoms with Crippen molar-refractivity contribution in [2.45, 2.75) is 82.3 Å². The summed E-state index contributed by atoms with van der Waals surface area (Å²) in [6.45, 7) is 1.21. The fourth-order valence-corrected chi connectivity index (χ4v) is 4.68. The fourth-order valence-electron chi connectivity index (χ4n) is 4.68. The SMILES string of the molecule is N#CC1CCCC1NC1CCCCC1C1CCCCN1. The van der Waals surface area contributed by atoms with Crippen molar-refractivity contribution < 1.29 is 0 Å². The summed E-state index contributed by atoms with van der Waals surface area (Å²) < 4.78 is 0. The van der Waals surface area contributed by atoms with E-state index in [4.69, 9.17) is 0 Å². The first-order valence-corrected chi connectivity index (χ1v) is 8.77. The molecule has 3 fully saturated rings. The zero-order chi connectivity index (χ0) is 13.8. The molecule has 3 aliphatic rings. The highest BCUT2D eigenvalue weighted by Crippen LogP contribution is 2.33. The Balaban J connectivity index is 1.61. The van der Waals surface area contributed by atoms with Crippen molar-refractivity contribution in [3.05, 3.63) is 0 Å². The molecule has 2 N–H and O–H groups in total. The Morgan fingerprint density at radius 2 is 1.65 bits per heavy atom. The van der Waals surface area contributed by atoms with E-state index in [0.29, 0.717) is 12.1 Å². The fraction of sp³-hybridized carbons (Fsp3) is 0.941. The van der Waals surface area contributed by atoms with Crippen LogP contribution in [0.3, 0.4) is 0 Å². The van der Waals surface area contributed by atoms with Crippen LogP contribution in [0, 0.1) is 23.2 Å². The van der Waals surface area contributed by atoms with Crippen LogP contribution in [0.15, 0.2) is 0 Å². The smallest absolute Gasteiger partial charge is 0.0672 e. The van der Waals surface area contributed by atoms with Crippen molar-refractivity contribution in [2.24, 2.45) is 11.8 Å². The maximum atomic E-state index is 9.28. The van der Waals surface area contributed by atoms with Gasteiger partial charge in [0, 0.05) is 18.1 Å². The van der Waals surface area contributed by atoms with Crippen LogP contribution < -0.4 is 10.6 Å². The zero-order valence-electron chi connectivity index (χ0n) is 12.6. The van der Waals surface area contributed by atoms with Crippen molar-refractivity contribution in [3.63, 3.8) is 0 Å². The number of nitriles is 1. The largest absolute Gasteiger partial charge is 0.314 e. The summed E-state index contributed by atoms with van der Waals surface area (Å²) in [7, 11) is 0. The van der Waals surface area contributed by atoms with E-state index in [0.717, 1.165) is 18.4 Å². The lowest BCUT2D eigenvalue weighted by atomic mass is 9.77. The second-order valence-corrected chi connectivity index (χ2v) is 7.05. The van der Waals surface area contributed by atoms with Gasteiger partial charge in [-0.3, -0.25) is 0 Å². The molecule has 1 saturated heterocycles. The van der Waals surface area contributed by atoms with Crippen molar-refractivity contribution in [1.82, 2.24) is 10.6 Å². The molecule has 0 aromatic rings. The molecule has 1 heterocycles. The Bertz CT molecular complexity index is 343. The van der Waals surface area contributed by atoms with E-state index in [2.05, 4.69) is 16.7 Å². The van der Waals surface area contributed by atoms with Crippen LogP contribution in [0.1, 0.15) is 64.2 Å². The standard InChI is InChI=1S/C17H29N3/c18-12-13-6-5-10-15(13)20-17-9-2-1-7-14(17)16-8-3-4-11-19-16/h13-17,19-20H,1-11H2. The first-order valence-electron chi connectivity index (χ1n) is 8.77. The van der Waals surface area contributed by atoms with Gasteiger partial charge in [0.05, 0.1) is 12.0 Å². The van der Waals surface area contributed by atoms with E-state index in [1.54, 1.807) is 0 Å². The van der Waals surface area contributed by atoms with E-state index in [9.17, 15) is 5.26 Å². The Labute approximate surface area is 123 Å². The van der Waals surface area contributed by atoms with E-state index in [1.165, 1.54) is 64.3 Å². The molecule has 0 aromatic carbocycles. The average molecular weight is 275 g/mol. The van der Waals surface area contributed by atoms with E-state index < -0.39 is 0 Å². The molecule has 1 aliphatic heterocycles. The van der Waals surface area contributed by atoms with Gasteiger partial charge in [-0.2, -0.15) is 5.26 Å². The summed E-state index contributed by atoms with van der Waals surface area (Å²) in [6.07, 6.45) is 13.1. The third-order valence-corrected chi connectivity index (χ3v) is 5.79. The molecule has 3 rings (SSSR count). The van der Waals surface area contributed by atoms with Gasteiger partial charge in [0.25, 0.3) is 0 Å². The summed E-state index contributed by atoms with van der Waals surface area (Å²) in [5, 5.41) is 16.9. The lowest BCUT2D eigenvalue weighted by Crippen LogP contribution is -2.53. The third-order valence-electron chi connectivity index (χ3n) is 5.79. The van der Waals surface area contributed by atoms with Crippen LogP contribution >= 0.6 is 0 Å². The van der Waals surface area contributed by atoms with Crippen molar-refractivity contribution in [3.8, 4) is 6.07 Å². The highest BCUT2D eigenvalue weighted by Gasteiger charge is 2.36. The van der Waals surface area contributed by atoms with E-state index in [1.807, 2.05) is 0 Å². The Morgan fingerprint density at radius 3 is 2.45 bits per heavy atom. The molecule has 2 saturated carbocycles. The van der Waals surface area contributed by atoms with Crippen LogP contribution in [0.4, 0.5) is 0 Å². The predicted molar refractivity (Wildman–Crippen MR) is 81.3 cm³/mol. The molecule has 0 radical (unpaired) electrons. The van der Waals surface area contributed by atoms with Crippen molar-refractivity contribution >= 4 is 0 Å². The number of rotatable bonds is 3. The average Bonchev–Trinajstić information content (AvgIpc) is 2.96. The third kappa shape index (κ3) is 3.18. The first-order chi connectivity index (χ1) is 9.88. The van der Waals surface area contributed by atoms with Crippen molar-refractivity contribution in [2.75, 3.05) is 6.54 Å². The molecule has 0 spiro atoms. The molecule has 5 unspecified atom stereocenters. The van der Waals surface area contributed by atoms with Gasteiger partial charge in [0.15, 0.2) is 0 Å². The van der Waals surface area contributed by atoms with Gasteiger partial charge < -0.3 is 10.6 Å². The molecule has 2 aliphatic carbocycles. The molecule has 3 nitrogen and oxygen atoms in total. The van der Waals surface area contributed by atoms with E-state index >= 15 is 0 Å². The van der Waals surface area contributed by atoms with Gasteiger partial charge in [0.2, 0.25) is 0 Å². The lowest BCUT2D eigenvalue weighted by Gasteiger charge is -2.41. The molecular formula is C17H29N3. The topological polar surface area (TPSA) is 47.9 Å². The first kappa shape index (κ1) is 14.4. The van der Waals surface area contributed by atoms with Crippen LogP contribution in [-0.4, -0.2) is 24.7 Å². The number of hydrogen-bond acceptors (Lipinski definition) is 3. The van der Waals surface area contributed by atoms with Gasteiger partial charge >= 0.3 is 0 Å². The van der Waals surface area contributed by atoms with Crippen LogP contribution in [0.2, 0.25) is 0 Å². The summed E-state index contributed by atoms with van der Waals surface area (Å²) >= 11 is 0. The lowest BCUT2D eigenvalue weighted by molar-refractivity contribution is 0.168. The predicted octanol–water partition coefficient (Wildman–Crippen LogP) is 2.97. The van der Waals surface area contributed by atoms with Gasteiger partial charge in [-0.05, 0) is 51.0 Å². The summed E-state index contributed by atoms with van der Waals surface area (Å²) in [5.41, 5.74) is 0. The Hall–Kier alpha value is -0.590. The summed E-state index contributed by atoms with van der Waals surface area (Å²) in [4.78, 5) is 0. The van der Waals surface area contributed by atoms with Crippen LogP contribution in [0.25, 0.3) is 0 Å². The maximum Gasteiger partial charge on any atom is 0.0672 e. The minimum absolute atomic E-state index is 0.261. The molecule has 5 atom stereocenters. The summed E-state index contributed by atoms with van der Waals surface area (Å²) in [5.74, 6) is 1.06. The highest BCUT2D eigenvalue weighted by molar-refractivity contribution is 5.00. The molecule has 0 aromatic heterocycles. The molecule has 0 amide bonds. The quantitative estimate of drug-likeness (QED) is 0.832. The minimum Gasteiger partial charge on any atom is -0.314 e. The van der Waals surface area contributed by atoms with Gasteiger partial charge in [-0.15, -0.1) is 0 Å². The summed E-state index contributed by atoms with van der Waals surface area (Å²) in [6, 6.07) is 4.36. The highest BCUT2D eigenvalue weighted by atomic mass is 15.0. The minimum atomic E-state index is 0.261. The maximum absolute atomic E-state index is 9.28. The number of nitrogens with one attached hydrogen (secondary N) is 2. The number of piperidine rings is 1. The molecule has 112 valence electrons. The van der Waals surface area contributed by atoms with Crippen molar-refractivity contribution in [1.29, 1.82) is 5.26 Å². The second-order valence-electron chi connectivity index (χ2n) is 7.05. The Kier molecular flexibility index (Phi) is 4.96. The monoisotopic (exact) mass is 275 g/mol. The van der Waals surface area contributed by atoms with Crippen LogP contribution in [0.5, 0.6) is 0 Å². The molecule has 3 heteroatoms. The van der Waals surface area contributed by atoms with Gasteiger partial charge in [-0.25, -0.2) is 0 Å². The number of nitrogens with zero attached hydrogens (tertiary/aromatic N) is 1. The van der Waals surface area contributed by atoms with Crippen LogP contribution in [-0.2, 0) is 0 Å². The second kappa shape index (κ2) is 6.91. The molecular weight excluding hydrogens is 246 g/mol. The van der Waals surface area contributed by atoms with Gasteiger partial charge in [-0.1, -0.05) is 25.7 Å². The van der Waals surface area contributed by atoms with Gasteiger partial charge in [0.1, 0.15) is 0 Å². The normalized spacial score (nSPS) is 42.2. The Morgan fingerprint density at radius 1 is 0.850 bits per heavy atom. The van der Waals surface area contributed by atoms with E-state index in [-0.39, 0.29) is 5.92 Å². The zero-order valence-corrected chi connectivity index (χ0v) is 12.6.